The van der Waals surface area contributed by atoms with Crippen LogP contribution in [0.4, 0.5) is 0 Å². The van der Waals surface area contributed by atoms with Crippen LogP contribution in [0.5, 0.6) is 0 Å². The molecule has 1 rings (SSSR count). The van der Waals surface area contributed by atoms with E-state index in [2.05, 4.69) is 15.4 Å². The lowest BCUT2D eigenvalue weighted by atomic mass is 10.6. The van der Waals surface area contributed by atoms with Crippen LogP contribution in [0.2, 0.25) is 0 Å². The molecule has 0 spiro atoms. The summed E-state index contributed by atoms with van der Waals surface area (Å²) in [7, 11) is 0. The summed E-state index contributed by atoms with van der Waals surface area (Å²) in [5.41, 5.74) is 0.870. The molecule has 0 unspecified atom stereocenters. The van der Waals surface area contributed by atoms with Crippen LogP contribution in [0.1, 0.15) is 5.69 Å². The lowest BCUT2D eigenvalue weighted by molar-refractivity contribution is 0.899. The molecule has 0 bridgehead atoms. The van der Waals surface area contributed by atoms with Crippen molar-refractivity contribution in [2.75, 3.05) is 0 Å². The minimum absolute atomic E-state index is 0.870. The fraction of sp³-hybridized carbons (Fsp3) is 0.333. The predicted octanol–water partition coefficient (Wildman–Crippen LogP) is -0.258. The SMILES string of the molecule is Cc1cn[n-]n1. The van der Waals surface area contributed by atoms with Crippen LogP contribution < -0.4 is 5.21 Å². The third-order valence-electron chi connectivity index (χ3n) is 0.499. The first-order chi connectivity index (χ1) is 2.89. The number of aromatic nitrogens is 3. The van der Waals surface area contributed by atoms with Crippen molar-refractivity contribution in [3.63, 3.8) is 0 Å². The predicted molar refractivity (Wildman–Crippen MR) is 20.1 cm³/mol. The Morgan fingerprint density at radius 1 is 1.83 bits per heavy atom. The molecule has 0 fully saturated rings. The number of rotatable bonds is 0. The zero-order valence-corrected chi connectivity index (χ0v) is 3.42. The molecule has 0 radical (unpaired) electrons. The number of hydrogen-bond acceptors (Lipinski definition) is 2. The molecule has 1 heterocycles. The van der Waals surface area contributed by atoms with Gasteiger partial charge >= 0.3 is 0 Å². The molecule has 3 heteroatoms. The van der Waals surface area contributed by atoms with E-state index in [1.807, 2.05) is 6.92 Å². The average Bonchev–Trinajstić information content (AvgIpc) is 1.86. The van der Waals surface area contributed by atoms with Gasteiger partial charge in [0.15, 0.2) is 0 Å². The van der Waals surface area contributed by atoms with Crippen LogP contribution in [0, 0.1) is 6.92 Å². The molecule has 32 valence electrons. The van der Waals surface area contributed by atoms with Crippen molar-refractivity contribution in [2.24, 2.45) is 0 Å². The lowest BCUT2D eigenvalue weighted by Crippen LogP contribution is -1.72. The number of hydrogen-bond donors (Lipinski definition) is 0. The maximum absolute atomic E-state index is 3.56. The quantitative estimate of drug-likeness (QED) is 0.433. The topological polar surface area (TPSA) is 39.9 Å². The summed E-state index contributed by atoms with van der Waals surface area (Å²) >= 11 is 0. The second-order valence-electron chi connectivity index (χ2n) is 1.08. The highest BCUT2D eigenvalue weighted by Gasteiger charge is 1.67. The Bertz CT molecular complexity index is 110. The van der Waals surface area contributed by atoms with Gasteiger partial charge < -0.3 is 15.4 Å². The summed E-state index contributed by atoms with van der Waals surface area (Å²) in [6.07, 6.45) is 1.61. The van der Waals surface area contributed by atoms with Crippen LogP contribution >= 0.6 is 0 Å². The second kappa shape index (κ2) is 1.08. The Morgan fingerprint density at radius 2 is 2.67 bits per heavy atom. The third kappa shape index (κ3) is 0.381. The Kier molecular flexibility index (Phi) is 0.602. The molecule has 0 N–H and O–H groups in total. The van der Waals surface area contributed by atoms with Gasteiger partial charge in [0.2, 0.25) is 0 Å². The normalized spacial score (nSPS) is 8.83. The Labute approximate surface area is 35.4 Å². The van der Waals surface area contributed by atoms with E-state index in [1.54, 1.807) is 6.20 Å². The van der Waals surface area contributed by atoms with E-state index in [9.17, 15) is 0 Å². The Morgan fingerprint density at radius 3 is 2.83 bits per heavy atom. The summed E-state index contributed by atoms with van der Waals surface area (Å²) in [5, 5.41) is 10.3. The van der Waals surface area contributed by atoms with E-state index < -0.39 is 0 Å². The van der Waals surface area contributed by atoms with Crippen LogP contribution in [0.15, 0.2) is 6.20 Å². The van der Waals surface area contributed by atoms with Gasteiger partial charge in [0.1, 0.15) is 0 Å². The van der Waals surface area contributed by atoms with E-state index in [0.29, 0.717) is 0 Å². The average molecular weight is 82.1 g/mol. The summed E-state index contributed by atoms with van der Waals surface area (Å²) in [5.74, 6) is 0. The highest BCUT2D eigenvalue weighted by atomic mass is 15.3. The van der Waals surface area contributed by atoms with Gasteiger partial charge in [0, 0.05) is 11.9 Å². The van der Waals surface area contributed by atoms with Gasteiger partial charge in [-0.3, -0.25) is 0 Å². The molecule has 0 aliphatic heterocycles. The van der Waals surface area contributed by atoms with Crippen molar-refractivity contribution < 1.29 is 0 Å². The first-order valence-electron chi connectivity index (χ1n) is 1.67. The first-order valence-corrected chi connectivity index (χ1v) is 1.67. The van der Waals surface area contributed by atoms with E-state index in [-0.39, 0.29) is 0 Å². The van der Waals surface area contributed by atoms with Crippen LogP contribution in [-0.2, 0) is 0 Å². The Balaban J connectivity index is 3.05. The Hall–Kier alpha value is -0.860. The van der Waals surface area contributed by atoms with Gasteiger partial charge in [-0.05, 0) is 6.92 Å². The summed E-state index contributed by atoms with van der Waals surface area (Å²) in [6.45, 7) is 1.85. The summed E-state index contributed by atoms with van der Waals surface area (Å²) in [6, 6.07) is 0. The number of aryl methyl sites for hydroxylation is 1. The van der Waals surface area contributed by atoms with Gasteiger partial charge in [-0.1, -0.05) is 0 Å². The fourth-order valence-corrected chi connectivity index (χ4v) is 0.232. The molecule has 0 amide bonds. The highest BCUT2D eigenvalue weighted by Crippen LogP contribution is 1.76. The zero-order valence-electron chi connectivity index (χ0n) is 3.42. The summed E-state index contributed by atoms with van der Waals surface area (Å²) < 4.78 is 0. The van der Waals surface area contributed by atoms with E-state index >= 15 is 0 Å². The van der Waals surface area contributed by atoms with Gasteiger partial charge in [0.25, 0.3) is 0 Å². The molecule has 0 saturated carbocycles. The highest BCUT2D eigenvalue weighted by molar-refractivity contribution is 4.82. The van der Waals surface area contributed by atoms with Crippen molar-refractivity contribution in [1.82, 2.24) is 15.4 Å². The van der Waals surface area contributed by atoms with Crippen LogP contribution in [-0.4, -0.2) is 10.2 Å². The van der Waals surface area contributed by atoms with Crippen molar-refractivity contribution in [3.05, 3.63) is 11.9 Å². The van der Waals surface area contributed by atoms with Gasteiger partial charge in [0.05, 0.1) is 0 Å². The molecular formula is C3H4N3-. The molecule has 0 aromatic carbocycles. The van der Waals surface area contributed by atoms with Gasteiger partial charge in [-0.2, -0.15) is 0 Å². The molecule has 0 aliphatic rings. The second-order valence-corrected chi connectivity index (χ2v) is 1.08. The van der Waals surface area contributed by atoms with Crippen LogP contribution in [0.3, 0.4) is 0 Å². The monoisotopic (exact) mass is 82.0 g/mol. The van der Waals surface area contributed by atoms with Crippen LogP contribution in [0.25, 0.3) is 0 Å². The fourth-order valence-electron chi connectivity index (χ4n) is 0.232. The molecule has 1 aromatic heterocycles. The van der Waals surface area contributed by atoms with E-state index in [1.165, 1.54) is 0 Å². The minimum atomic E-state index is 0.870. The largest absolute Gasteiger partial charge is 0.493 e. The molecule has 0 atom stereocenters. The molecule has 6 heavy (non-hydrogen) atoms. The van der Waals surface area contributed by atoms with E-state index in [4.69, 9.17) is 0 Å². The molecule has 1 aromatic rings. The minimum Gasteiger partial charge on any atom is -0.493 e. The van der Waals surface area contributed by atoms with Gasteiger partial charge in [-0.15, -0.1) is 0 Å². The third-order valence-corrected chi connectivity index (χ3v) is 0.499. The smallest absolute Gasteiger partial charge is 0.0324 e. The van der Waals surface area contributed by atoms with Gasteiger partial charge in [-0.25, -0.2) is 0 Å². The first kappa shape index (κ1) is 3.33. The standard InChI is InChI=1S/C3H4N3/c1-3-2-4-6-5-3/h2H,1H3/q-1. The van der Waals surface area contributed by atoms with Crippen molar-refractivity contribution >= 4 is 0 Å². The maximum Gasteiger partial charge on any atom is 0.0324 e. The number of nitrogens with zero attached hydrogens (tertiary/aromatic N) is 3. The zero-order chi connectivity index (χ0) is 4.41. The molecule has 0 aliphatic carbocycles. The molecular weight excluding hydrogens is 78.1 g/mol. The lowest BCUT2D eigenvalue weighted by Gasteiger charge is -1.76. The maximum atomic E-state index is 3.56. The molecule has 0 saturated heterocycles. The van der Waals surface area contributed by atoms with Crippen molar-refractivity contribution in [3.8, 4) is 0 Å². The van der Waals surface area contributed by atoms with Crippen molar-refractivity contribution in [2.45, 2.75) is 6.92 Å². The molecule has 3 nitrogen and oxygen atoms in total. The van der Waals surface area contributed by atoms with Crippen molar-refractivity contribution in [1.29, 1.82) is 0 Å². The summed E-state index contributed by atoms with van der Waals surface area (Å²) in [4.78, 5) is 0. The van der Waals surface area contributed by atoms with E-state index in [0.717, 1.165) is 5.69 Å².